The molecule has 0 aliphatic carbocycles. The van der Waals surface area contributed by atoms with E-state index in [4.69, 9.17) is 18.0 Å². The summed E-state index contributed by atoms with van der Waals surface area (Å²) in [6.07, 6.45) is 2.01. The van der Waals surface area contributed by atoms with E-state index in [1.165, 1.54) is 12.1 Å². The van der Waals surface area contributed by atoms with E-state index < -0.39 is 0 Å². The van der Waals surface area contributed by atoms with Crippen LogP contribution in [0.15, 0.2) is 47.4 Å². The Morgan fingerprint density at radius 2 is 2.05 bits per heavy atom. The van der Waals surface area contributed by atoms with Gasteiger partial charge in [0.2, 0.25) is 0 Å². The zero-order valence-electron chi connectivity index (χ0n) is 10.3. The maximum Gasteiger partial charge on any atom is 0.124 e. The number of rotatable bonds is 4. The number of anilines is 2. The highest BCUT2D eigenvalue weighted by molar-refractivity contribution is 7.98. The smallest absolute Gasteiger partial charge is 0.124 e. The summed E-state index contributed by atoms with van der Waals surface area (Å²) in [4.78, 5) is 1.31. The Balaban J connectivity index is 2.34. The lowest BCUT2D eigenvalue weighted by Crippen LogP contribution is -2.12. The third-order valence-electron chi connectivity index (χ3n) is 2.60. The van der Waals surface area contributed by atoms with Gasteiger partial charge in [-0.05, 0) is 42.7 Å². The fourth-order valence-electron chi connectivity index (χ4n) is 1.69. The molecule has 0 aromatic heterocycles. The van der Waals surface area contributed by atoms with Crippen molar-refractivity contribution in [2.45, 2.75) is 4.90 Å². The van der Waals surface area contributed by atoms with E-state index in [0.717, 1.165) is 10.6 Å². The molecule has 0 amide bonds. The van der Waals surface area contributed by atoms with Crippen molar-refractivity contribution < 1.29 is 4.39 Å². The first kappa shape index (κ1) is 13.8. The lowest BCUT2D eigenvalue weighted by atomic mass is 10.1. The maximum absolute atomic E-state index is 13.2. The average molecular weight is 292 g/mol. The number of halogens is 1. The number of hydrogen-bond donors (Lipinski definition) is 2. The molecule has 0 aliphatic heterocycles. The molecule has 19 heavy (non-hydrogen) atoms. The second kappa shape index (κ2) is 6.04. The second-order valence-corrected chi connectivity index (χ2v) is 5.23. The van der Waals surface area contributed by atoms with Crippen LogP contribution in [0.4, 0.5) is 15.8 Å². The summed E-state index contributed by atoms with van der Waals surface area (Å²) in [6, 6.07) is 12.3. The molecular weight excluding hydrogens is 279 g/mol. The second-order valence-electron chi connectivity index (χ2n) is 3.91. The summed E-state index contributed by atoms with van der Waals surface area (Å²) in [5, 5.41) is 3.21. The standard InChI is InChI=1S/C14H13FN2S2/c1-19-11-4-2-3-10(8-11)17-13-6-5-9(15)7-12(13)14(16)18/h2-8,17H,1H3,(H2,16,18). The van der Waals surface area contributed by atoms with Crippen LogP contribution in [-0.2, 0) is 0 Å². The van der Waals surface area contributed by atoms with Gasteiger partial charge in [0.1, 0.15) is 10.8 Å². The number of benzene rings is 2. The van der Waals surface area contributed by atoms with Crippen molar-refractivity contribution in [2.24, 2.45) is 5.73 Å². The van der Waals surface area contributed by atoms with Crippen molar-refractivity contribution in [1.82, 2.24) is 0 Å². The van der Waals surface area contributed by atoms with Crippen LogP contribution in [0.2, 0.25) is 0 Å². The van der Waals surface area contributed by atoms with Crippen molar-refractivity contribution in [3.63, 3.8) is 0 Å². The SMILES string of the molecule is CSc1cccc(Nc2ccc(F)cc2C(N)=S)c1. The minimum Gasteiger partial charge on any atom is -0.389 e. The van der Waals surface area contributed by atoms with E-state index in [0.29, 0.717) is 11.3 Å². The van der Waals surface area contributed by atoms with Crippen LogP contribution in [0.5, 0.6) is 0 Å². The molecule has 0 aliphatic rings. The van der Waals surface area contributed by atoms with Crippen molar-refractivity contribution in [3.8, 4) is 0 Å². The van der Waals surface area contributed by atoms with Gasteiger partial charge in [-0.25, -0.2) is 4.39 Å². The van der Waals surface area contributed by atoms with Gasteiger partial charge in [0.05, 0.1) is 0 Å². The number of thiocarbonyl (C=S) groups is 1. The molecule has 2 aromatic carbocycles. The summed E-state index contributed by atoms with van der Waals surface area (Å²) in [7, 11) is 0. The summed E-state index contributed by atoms with van der Waals surface area (Å²) in [6.45, 7) is 0. The molecule has 2 aromatic rings. The van der Waals surface area contributed by atoms with Gasteiger partial charge >= 0.3 is 0 Å². The molecule has 0 saturated heterocycles. The first-order valence-electron chi connectivity index (χ1n) is 5.60. The predicted octanol–water partition coefficient (Wildman–Crippen LogP) is 3.93. The lowest BCUT2D eigenvalue weighted by Gasteiger charge is -2.12. The molecule has 0 spiro atoms. The monoisotopic (exact) mass is 292 g/mol. The topological polar surface area (TPSA) is 38.0 Å². The summed E-state index contributed by atoms with van der Waals surface area (Å²) < 4.78 is 13.2. The van der Waals surface area contributed by atoms with Crippen LogP contribution in [0.25, 0.3) is 0 Å². The molecule has 0 fully saturated rings. The molecule has 3 N–H and O–H groups in total. The van der Waals surface area contributed by atoms with Crippen LogP contribution in [-0.4, -0.2) is 11.2 Å². The number of thioether (sulfide) groups is 1. The normalized spacial score (nSPS) is 10.2. The Morgan fingerprint density at radius 3 is 2.74 bits per heavy atom. The van der Waals surface area contributed by atoms with Gasteiger partial charge in [0.15, 0.2) is 0 Å². The molecule has 0 bridgehead atoms. The average Bonchev–Trinajstić information content (AvgIpc) is 2.41. The quantitative estimate of drug-likeness (QED) is 0.661. The largest absolute Gasteiger partial charge is 0.389 e. The lowest BCUT2D eigenvalue weighted by molar-refractivity contribution is 0.628. The first-order chi connectivity index (χ1) is 9.10. The van der Waals surface area contributed by atoms with E-state index in [1.54, 1.807) is 17.8 Å². The van der Waals surface area contributed by atoms with Gasteiger partial charge in [0, 0.05) is 21.8 Å². The summed E-state index contributed by atoms with van der Waals surface area (Å²) in [5.74, 6) is -0.355. The van der Waals surface area contributed by atoms with Crippen LogP contribution in [0.1, 0.15) is 5.56 Å². The van der Waals surface area contributed by atoms with E-state index in [-0.39, 0.29) is 10.8 Å². The molecule has 5 heteroatoms. The highest BCUT2D eigenvalue weighted by Crippen LogP contribution is 2.25. The van der Waals surface area contributed by atoms with Crippen molar-refractivity contribution in [2.75, 3.05) is 11.6 Å². The molecule has 0 heterocycles. The Labute approximate surface area is 121 Å². The Morgan fingerprint density at radius 1 is 1.26 bits per heavy atom. The molecule has 98 valence electrons. The van der Waals surface area contributed by atoms with Gasteiger partial charge < -0.3 is 11.1 Å². The molecule has 0 unspecified atom stereocenters. The highest BCUT2D eigenvalue weighted by Gasteiger charge is 2.07. The van der Waals surface area contributed by atoms with Crippen LogP contribution < -0.4 is 11.1 Å². The maximum atomic E-state index is 13.2. The number of hydrogen-bond acceptors (Lipinski definition) is 3. The molecular formula is C14H13FN2S2. The molecule has 0 saturated carbocycles. The third-order valence-corrected chi connectivity index (χ3v) is 3.54. The Kier molecular flexibility index (Phi) is 4.39. The minimum atomic E-state index is -0.355. The van der Waals surface area contributed by atoms with E-state index in [9.17, 15) is 4.39 Å². The third kappa shape index (κ3) is 3.45. The fourth-order valence-corrected chi connectivity index (χ4v) is 2.31. The molecule has 0 radical (unpaired) electrons. The van der Waals surface area contributed by atoms with E-state index >= 15 is 0 Å². The summed E-state index contributed by atoms with van der Waals surface area (Å²) >= 11 is 6.60. The zero-order chi connectivity index (χ0) is 13.8. The molecule has 0 atom stereocenters. The van der Waals surface area contributed by atoms with Crippen LogP contribution in [0.3, 0.4) is 0 Å². The van der Waals surface area contributed by atoms with Crippen molar-refractivity contribution in [1.29, 1.82) is 0 Å². The predicted molar refractivity (Wildman–Crippen MR) is 83.8 cm³/mol. The Hall–Kier alpha value is -1.59. The van der Waals surface area contributed by atoms with Gasteiger partial charge in [-0.2, -0.15) is 0 Å². The van der Waals surface area contributed by atoms with Gasteiger partial charge in [-0.1, -0.05) is 18.3 Å². The van der Waals surface area contributed by atoms with Crippen LogP contribution >= 0.6 is 24.0 Å². The summed E-state index contributed by atoms with van der Waals surface area (Å²) in [5.41, 5.74) is 7.73. The van der Waals surface area contributed by atoms with E-state index in [1.807, 2.05) is 30.5 Å². The van der Waals surface area contributed by atoms with Crippen molar-refractivity contribution >= 4 is 40.3 Å². The number of nitrogens with one attached hydrogen (secondary N) is 1. The fraction of sp³-hybridized carbons (Fsp3) is 0.0714. The van der Waals surface area contributed by atoms with E-state index in [2.05, 4.69) is 5.32 Å². The van der Waals surface area contributed by atoms with Gasteiger partial charge in [0.25, 0.3) is 0 Å². The highest BCUT2D eigenvalue weighted by atomic mass is 32.2. The van der Waals surface area contributed by atoms with Gasteiger partial charge in [-0.3, -0.25) is 0 Å². The number of nitrogens with two attached hydrogens (primary N) is 1. The molecule has 2 nitrogen and oxygen atoms in total. The first-order valence-corrected chi connectivity index (χ1v) is 7.24. The van der Waals surface area contributed by atoms with Crippen molar-refractivity contribution in [3.05, 3.63) is 53.8 Å². The minimum absolute atomic E-state index is 0.169. The zero-order valence-corrected chi connectivity index (χ0v) is 11.9. The van der Waals surface area contributed by atoms with Crippen LogP contribution in [0, 0.1) is 5.82 Å². The Bertz CT molecular complexity index is 614. The molecule has 2 rings (SSSR count). The van der Waals surface area contributed by atoms with Gasteiger partial charge in [-0.15, -0.1) is 11.8 Å².